The zero-order chi connectivity index (χ0) is 25.7. The van der Waals surface area contributed by atoms with Crippen molar-refractivity contribution in [2.75, 3.05) is 0 Å². The quantitative estimate of drug-likeness (QED) is 0.263. The summed E-state index contributed by atoms with van der Waals surface area (Å²) < 4.78 is 3.47. The highest BCUT2D eigenvalue weighted by Gasteiger charge is 2.40. The van der Waals surface area contributed by atoms with Crippen LogP contribution >= 0.6 is 0 Å². The Balaban J connectivity index is 1.52. The molecular weight excluding hydrogens is 470 g/mol. The number of hydrogen-bond donors (Lipinski definition) is 0. The van der Waals surface area contributed by atoms with Crippen molar-refractivity contribution >= 4 is 33.4 Å². The van der Waals surface area contributed by atoms with Crippen LogP contribution in [0.3, 0.4) is 0 Å². The second kappa shape index (κ2) is 8.70. The molecule has 6 rings (SSSR count). The Hall–Kier alpha value is -4.79. The van der Waals surface area contributed by atoms with Gasteiger partial charge in [0, 0.05) is 23.3 Å². The van der Waals surface area contributed by atoms with Crippen molar-refractivity contribution in [2.24, 2.45) is 0 Å². The molecule has 0 spiro atoms. The first-order chi connectivity index (χ1) is 17.9. The second-order valence-electron chi connectivity index (χ2n) is 9.23. The number of nitro groups is 1. The summed E-state index contributed by atoms with van der Waals surface area (Å²) >= 11 is 0. The van der Waals surface area contributed by atoms with Gasteiger partial charge in [0.05, 0.1) is 35.0 Å². The largest absolute Gasteiger partial charge is 0.345 e. The summed E-state index contributed by atoms with van der Waals surface area (Å²) in [7, 11) is 0. The molecule has 2 aromatic heterocycles. The molecule has 5 aromatic rings. The molecule has 0 saturated carbocycles. The summed E-state index contributed by atoms with van der Waals surface area (Å²) in [6.07, 6.45) is 1.90. The highest BCUT2D eigenvalue weighted by atomic mass is 16.6. The predicted octanol–water partition coefficient (Wildman–Crippen LogP) is 4.60. The molecule has 9 heteroatoms. The molecule has 9 nitrogen and oxygen atoms in total. The molecule has 3 heterocycles. The first-order valence-electron chi connectivity index (χ1n) is 12.0. The third-order valence-electron chi connectivity index (χ3n) is 7.13. The van der Waals surface area contributed by atoms with Crippen LogP contribution in [0.2, 0.25) is 0 Å². The van der Waals surface area contributed by atoms with Crippen LogP contribution in [0.1, 0.15) is 30.4 Å². The van der Waals surface area contributed by atoms with Gasteiger partial charge in [-0.1, -0.05) is 48.5 Å². The van der Waals surface area contributed by atoms with Gasteiger partial charge < -0.3 is 9.47 Å². The molecule has 1 aliphatic rings. The van der Waals surface area contributed by atoms with Crippen molar-refractivity contribution in [3.63, 3.8) is 0 Å². The van der Waals surface area contributed by atoms with E-state index in [1.807, 2.05) is 47.2 Å². The average molecular weight is 494 g/mol. The molecule has 0 aliphatic carbocycles. The molecule has 0 saturated heterocycles. The van der Waals surface area contributed by atoms with Gasteiger partial charge in [-0.25, -0.2) is 4.98 Å². The minimum absolute atomic E-state index is 0.0305. The van der Waals surface area contributed by atoms with Crippen molar-refractivity contribution < 1.29 is 9.72 Å². The van der Waals surface area contributed by atoms with E-state index in [2.05, 4.69) is 0 Å². The zero-order valence-electron chi connectivity index (χ0n) is 20.0. The number of hydrogen-bond acceptors (Lipinski definition) is 5. The Labute approximate surface area is 211 Å². The molecule has 0 N–H and O–H groups in total. The lowest BCUT2D eigenvalue weighted by atomic mass is 10.0. The van der Waals surface area contributed by atoms with E-state index in [0.29, 0.717) is 22.3 Å². The van der Waals surface area contributed by atoms with Crippen LogP contribution in [-0.2, 0) is 17.9 Å². The van der Waals surface area contributed by atoms with Crippen molar-refractivity contribution in [1.82, 2.24) is 19.0 Å². The number of benzene rings is 3. The highest BCUT2D eigenvalue weighted by molar-refractivity contribution is 5.85. The minimum atomic E-state index is -0.866. The van der Waals surface area contributed by atoms with Gasteiger partial charge in [0.1, 0.15) is 11.9 Å². The number of carbonyl (C=O) groups is 1. The van der Waals surface area contributed by atoms with Crippen LogP contribution in [0.4, 0.5) is 5.69 Å². The lowest BCUT2D eigenvalue weighted by molar-refractivity contribution is -0.385. The molecule has 0 unspecified atom stereocenters. The maximum atomic E-state index is 14.1. The van der Waals surface area contributed by atoms with E-state index in [1.54, 1.807) is 48.2 Å². The summed E-state index contributed by atoms with van der Waals surface area (Å²) in [6.45, 7) is 2.06. The number of carbonyl (C=O) groups excluding carboxylic acids is 1. The summed E-state index contributed by atoms with van der Waals surface area (Å²) in [5, 5.41) is 13.1. The minimum Gasteiger partial charge on any atom is -0.345 e. The smallest absolute Gasteiger partial charge is 0.274 e. The van der Waals surface area contributed by atoms with Gasteiger partial charge in [-0.05, 0) is 36.6 Å². The highest BCUT2D eigenvalue weighted by Crippen LogP contribution is 2.34. The maximum absolute atomic E-state index is 14.1. The Kier molecular flexibility index (Phi) is 5.33. The first kappa shape index (κ1) is 22.7. The maximum Gasteiger partial charge on any atom is 0.274 e. The third-order valence-corrected chi connectivity index (χ3v) is 7.13. The van der Waals surface area contributed by atoms with E-state index < -0.39 is 17.0 Å². The van der Waals surface area contributed by atoms with Gasteiger partial charge in [-0.15, -0.1) is 0 Å². The van der Waals surface area contributed by atoms with Crippen LogP contribution in [0.15, 0.2) is 89.9 Å². The van der Waals surface area contributed by atoms with E-state index in [1.165, 1.54) is 10.6 Å². The number of para-hydroxylation sites is 3. The molecule has 2 atom stereocenters. The normalized spacial score (nSPS) is 17.3. The molecule has 1 aliphatic heterocycles. The lowest BCUT2D eigenvalue weighted by Gasteiger charge is -2.39. The number of aromatic nitrogens is 3. The topological polar surface area (TPSA) is 103 Å². The van der Waals surface area contributed by atoms with Crippen LogP contribution in [0.25, 0.3) is 21.8 Å². The summed E-state index contributed by atoms with van der Waals surface area (Å²) in [4.78, 5) is 45.4. The molecular formula is C28H23N5O4. The predicted molar refractivity (Wildman–Crippen MR) is 139 cm³/mol. The first-order valence-corrected chi connectivity index (χ1v) is 12.0. The van der Waals surface area contributed by atoms with Crippen molar-refractivity contribution in [2.45, 2.75) is 32.1 Å². The van der Waals surface area contributed by atoms with E-state index in [-0.39, 0.29) is 30.2 Å². The molecule has 1 amide bonds. The van der Waals surface area contributed by atoms with Gasteiger partial charge in [0.2, 0.25) is 5.91 Å². The average Bonchev–Trinajstić information content (AvgIpc) is 3.32. The SMILES string of the molecule is C[C@H]1c2nc3ccccc3c(=O)n2[C@@H](Cn2ccc3ccccc32)C(=O)N1Cc1ccccc1[N+](=O)[O-]. The van der Waals surface area contributed by atoms with Crippen molar-refractivity contribution in [1.29, 1.82) is 0 Å². The Morgan fingerprint density at radius 2 is 1.68 bits per heavy atom. The van der Waals surface area contributed by atoms with Crippen LogP contribution in [0, 0.1) is 10.1 Å². The Morgan fingerprint density at radius 1 is 0.946 bits per heavy atom. The molecule has 3 aromatic carbocycles. The van der Waals surface area contributed by atoms with Crippen LogP contribution in [0.5, 0.6) is 0 Å². The summed E-state index contributed by atoms with van der Waals surface area (Å²) in [5.41, 5.74) is 1.60. The van der Waals surface area contributed by atoms with Gasteiger partial charge in [-0.2, -0.15) is 0 Å². The van der Waals surface area contributed by atoms with Gasteiger partial charge >= 0.3 is 0 Å². The fourth-order valence-corrected chi connectivity index (χ4v) is 5.26. The third kappa shape index (κ3) is 3.67. The number of rotatable bonds is 5. The lowest BCUT2D eigenvalue weighted by Crippen LogP contribution is -2.50. The zero-order valence-corrected chi connectivity index (χ0v) is 20.0. The molecule has 0 radical (unpaired) electrons. The van der Waals surface area contributed by atoms with Crippen molar-refractivity contribution in [3.05, 3.63) is 117 Å². The Morgan fingerprint density at radius 3 is 2.51 bits per heavy atom. The van der Waals surface area contributed by atoms with E-state index >= 15 is 0 Å². The standard InChI is InChI=1S/C28H23N5O4/c1-18-26-29-22-11-5-4-10-21(22)27(34)32(26)25(17-30-15-14-19-8-2-6-12-23(19)30)28(35)31(18)16-20-9-3-7-13-24(20)33(36)37/h2-15,18,25H,16-17H2,1H3/t18-,25-/m0/s1. The second-order valence-corrected chi connectivity index (χ2v) is 9.23. The molecule has 37 heavy (non-hydrogen) atoms. The van der Waals surface area contributed by atoms with Gasteiger partial charge in [-0.3, -0.25) is 24.3 Å². The molecule has 184 valence electrons. The van der Waals surface area contributed by atoms with E-state index in [4.69, 9.17) is 4.98 Å². The Bertz CT molecular complexity index is 1750. The molecule has 0 bridgehead atoms. The van der Waals surface area contributed by atoms with E-state index in [0.717, 1.165) is 10.9 Å². The number of fused-ring (bicyclic) bond motifs is 3. The van der Waals surface area contributed by atoms with Crippen LogP contribution in [-0.4, -0.2) is 29.8 Å². The number of nitro benzene ring substituents is 1. The fourth-order valence-electron chi connectivity index (χ4n) is 5.26. The van der Waals surface area contributed by atoms with E-state index in [9.17, 15) is 19.7 Å². The number of amides is 1. The summed E-state index contributed by atoms with van der Waals surface area (Å²) in [6, 6.07) is 21.9. The monoisotopic (exact) mass is 493 g/mol. The summed E-state index contributed by atoms with van der Waals surface area (Å²) in [5.74, 6) is 0.179. The number of nitrogens with zero attached hydrogens (tertiary/aromatic N) is 5. The van der Waals surface area contributed by atoms with Gasteiger partial charge in [0.15, 0.2) is 0 Å². The van der Waals surface area contributed by atoms with Crippen LogP contribution < -0.4 is 5.56 Å². The fraction of sp³-hybridized carbons (Fsp3) is 0.179. The van der Waals surface area contributed by atoms with Gasteiger partial charge in [0.25, 0.3) is 11.2 Å². The molecule has 0 fully saturated rings. The van der Waals surface area contributed by atoms with Crippen molar-refractivity contribution in [3.8, 4) is 0 Å².